The smallest absolute Gasteiger partial charge is 0.249 e. The van der Waals surface area contributed by atoms with Gasteiger partial charge in [-0.2, -0.15) is 0 Å². The van der Waals surface area contributed by atoms with Crippen molar-refractivity contribution in [3.63, 3.8) is 0 Å². The average Bonchev–Trinajstić information content (AvgIpc) is 3.01. The number of carbonyl (C=O) groups is 1. The van der Waals surface area contributed by atoms with Crippen molar-refractivity contribution in [3.8, 4) is 5.75 Å². The molecule has 4 heteroatoms. The number of unbranched alkanes of at least 4 members (excludes halogenated alkanes) is 1. The standard InChI is InChI=1S/C16H23NO3/c1-2-3-10-19-14-8-6-13(7-9-14)12-17-16(18)15-5-4-11-20-15/h6-9,15H,2-5,10-12H2,1H3,(H,17,18). The molecule has 1 aliphatic heterocycles. The van der Waals surface area contributed by atoms with Gasteiger partial charge in [-0.25, -0.2) is 0 Å². The Morgan fingerprint density at radius 3 is 2.85 bits per heavy atom. The second kappa shape index (κ2) is 7.90. The molecular weight excluding hydrogens is 254 g/mol. The Balaban J connectivity index is 1.74. The van der Waals surface area contributed by atoms with Gasteiger partial charge in [0.1, 0.15) is 11.9 Å². The van der Waals surface area contributed by atoms with Crippen LogP contribution in [0.3, 0.4) is 0 Å². The molecule has 1 aliphatic rings. The Kier molecular flexibility index (Phi) is 5.87. The van der Waals surface area contributed by atoms with E-state index in [-0.39, 0.29) is 12.0 Å². The molecule has 2 rings (SSSR count). The lowest BCUT2D eigenvalue weighted by Gasteiger charge is -2.11. The van der Waals surface area contributed by atoms with E-state index in [1.807, 2.05) is 24.3 Å². The summed E-state index contributed by atoms with van der Waals surface area (Å²) in [5, 5.41) is 2.91. The van der Waals surface area contributed by atoms with Crippen molar-refractivity contribution >= 4 is 5.91 Å². The molecule has 1 aromatic rings. The maximum absolute atomic E-state index is 11.8. The van der Waals surface area contributed by atoms with Crippen LogP contribution in [0.25, 0.3) is 0 Å². The Labute approximate surface area is 120 Å². The molecule has 1 N–H and O–H groups in total. The van der Waals surface area contributed by atoms with E-state index in [2.05, 4.69) is 12.2 Å². The highest BCUT2D eigenvalue weighted by Gasteiger charge is 2.22. The van der Waals surface area contributed by atoms with E-state index in [0.717, 1.165) is 43.6 Å². The number of hydrogen-bond donors (Lipinski definition) is 1. The van der Waals surface area contributed by atoms with Gasteiger partial charge in [0.2, 0.25) is 5.91 Å². The van der Waals surface area contributed by atoms with Crippen molar-refractivity contribution in [1.82, 2.24) is 5.32 Å². The first-order valence-electron chi connectivity index (χ1n) is 7.40. The van der Waals surface area contributed by atoms with Gasteiger partial charge < -0.3 is 14.8 Å². The van der Waals surface area contributed by atoms with Crippen LogP contribution in [0.2, 0.25) is 0 Å². The number of benzene rings is 1. The predicted molar refractivity (Wildman–Crippen MR) is 77.7 cm³/mol. The van der Waals surface area contributed by atoms with Gasteiger partial charge in [-0.15, -0.1) is 0 Å². The van der Waals surface area contributed by atoms with Crippen LogP contribution in [0.1, 0.15) is 38.2 Å². The predicted octanol–water partition coefficient (Wildman–Crippen LogP) is 2.66. The first-order valence-corrected chi connectivity index (χ1v) is 7.40. The number of nitrogens with one attached hydrogen (secondary N) is 1. The van der Waals surface area contributed by atoms with Crippen LogP contribution >= 0.6 is 0 Å². The number of hydrogen-bond acceptors (Lipinski definition) is 3. The minimum Gasteiger partial charge on any atom is -0.494 e. The molecule has 20 heavy (non-hydrogen) atoms. The van der Waals surface area contributed by atoms with Crippen molar-refractivity contribution in [2.45, 2.75) is 45.3 Å². The fourth-order valence-electron chi connectivity index (χ4n) is 2.13. The molecule has 110 valence electrons. The zero-order valence-electron chi connectivity index (χ0n) is 12.1. The van der Waals surface area contributed by atoms with E-state index >= 15 is 0 Å². The van der Waals surface area contributed by atoms with Crippen LogP contribution < -0.4 is 10.1 Å². The topological polar surface area (TPSA) is 47.6 Å². The fourth-order valence-corrected chi connectivity index (χ4v) is 2.13. The minimum absolute atomic E-state index is 0.00854. The number of amides is 1. The molecule has 1 unspecified atom stereocenters. The largest absolute Gasteiger partial charge is 0.494 e. The molecule has 0 spiro atoms. The van der Waals surface area contributed by atoms with Crippen LogP contribution in [-0.2, 0) is 16.1 Å². The average molecular weight is 277 g/mol. The lowest BCUT2D eigenvalue weighted by molar-refractivity contribution is -0.130. The van der Waals surface area contributed by atoms with Crippen LogP contribution in [-0.4, -0.2) is 25.2 Å². The van der Waals surface area contributed by atoms with Gasteiger partial charge in [-0.3, -0.25) is 4.79 Å². The van der Waals surface area contributed by atoms with Crippen molar-refractivity contribution in [2.75, 3.05) is 13.2 Å². The quantitative estimate of drug-likeness (QED) is 0.779. The van der Waals surface area contributed by atoms with E-state index in [9.17, 15) is 4.79 Å². The van der Waals surface area contributed by atoms with E-state index < -0.39 is 0 Å². The summed E-state index contributed by atoms with van der Waals surface area (Å²) in [5.41, 5.74) is 1.07. The van der Waals surface area contributed by atoms with Crippen LogP contribution in [0.4, 0.5) is 0 Å². The van der Waals surface area contributed by atoms with Gasteiger partial charge in [-0.05, 0) is 37.0 Å². The molecule has 1 saturated heterocycles. The normalized spacial score (nSPS) is 17.9. The lowest BCUT2D eigenvalue weighted by Crippen LogP contribution is -2.33. The van der Waals surface area contributed by atoms with Gasteiger partial charge in [0.15, 0.2) is 0 Å². The third kappa shape index (κ3) is 4.53. The molecule has 0 aliphatic carbocycles. The van der Waals surface area contributed by atoms with Gasteiger partial charge in [-0.1, -0.05) is 25.5 Å². The summed E-state index contributed by atoms with van der Waals surface area (Å²) in [6, 6.07) is 7.86. The molecule has 0 bridgehead atoms. The van der Waals surface area contributed by atoms with E-state index in [4.69, 9.17) is 9.47 Å². The van der Waals surface area contributed by atoms with Gasteiger partial charge in [0.05, 0.1) is 6.61 Å². The van der Waals surface area contributed by atoms with Crippen molar-refractivity contribution in [2.24, 2.45) is 0 Å². The highest BCUT2D eigenvalue weighted by atomic mass is 16.5. The van der Waals surface area contributed by atoms with Crippen LogP contribution in [0.5, 0.6) is 5.75 Å². The molecule has 0 radical (unpaired) electrons. The number of ether oxygens (including phenoxy) is 2. The van der Waals surface area contributed by atoms with Gasteiger partial charge >= 0.3 is 0 Å². The van der Waals surface area contributed by atoms with E-state index in [1.165, 1.54) is 0 Å². The second-order valence-corrected chi connectivity index (χ2v) is 5.07. The SMILES string of the molecule is CCCCOc1ccc(CNC(=O)C2CCCO2)cc1. The second-order valence-electron chi connectivity index (χ2n) is 5.07. The van der Waals surface area contributed by atoms with Gasteiger partial charge in [0.25, 0.3) is 0 Å². The molecule has 1 aromatic carbocycles. The van der Waals surface area contributed by atoms with Crippen LogP contribution in [0.15, 0.2) is 24.3 Å². The first-order chi connectivity index (χ1) is 9.79. The van der Waals surface area contributed by atoms with Gasteiger partial charge in [0, 0.05) is 13.2 Å². The molecule has 0 aromatic heterocycles. The molecular formula is C16H23NO3. The summed E-state index contributed by atoms with van der Waals surface area (Å²) in [6.07, 6.45) is 3.75. The highest BCUT2D eigenvalue weighted by molar-refractivity contribution is 5.80. The van der Waals surface area contributed by atoms with E-state index in [1.54, 1.807) is 0 Å². The molecule has 4 nitrogen and oxygen atoms in total. The summed E-state index contributed by atoms with van der Waals surface area (Å²) >= 11 is 0. The molecule has 1 fully saturated rings. The van der Waals surface area contributed by atoms with Crippen molar-refractivity contribution < 1.29 is 14.3 Å². The maximum Gasteiger partial charge on any atom is 0.249 e. The summed E-state index contributed by atoms with van der Waals surface area (Å²) < 4.78 is 10.9. The van der Waals surface area contributed by atoms with E-state index in [0.29, 0.717) is 13.2 Å². The lowest BCUT2D eigenvalue weighted by atomic mass is 10.2. The van der Waals surface area contributed by atoms with Crippen LogP contribution in [0, 0.1) is 0 Å². The Morgan fingerprint density at radius 1 is 1.40 bits per heavy atom. The minimum atomic E-state index is -0.258. The monoisotopic (exact) mass is 277 g/mol. The van der Waals surface area contributed by atoms with Crippen molar-refractivity contribution in [1.29, 1.82) is 0 Å². The zero-order valence-corrected chi connectivity index (χ0v) is 12.1. The third-order valence-corrected chi connectivity index (χ3v) is 3.38. The number of rotatable bonds is 7. The molecule has 1 heterocycles. The summed E-state index contributed by atoms with van der Waals surface area (Å²) in [6.45, 7) is 4.13. The Morgan fingerprint density at radius 2 is 2.20 bits per heavy atom. The third-order valence-electron chi connectivity index (χ3n) is 3.38. The summed E-state index contributed by atoms with van der Waals surface area (Å²) in [4.78, 5) is 11.8. The maximum atomic E-state index is 11.8. The molecule has 1 atom stereocenters. The first kappa shape index (κ1) is 14.9. The fraction of sp³-hybridized carbons (Fsp3) is 0.562. The Bertz CT molecular complexity index is 410. The summed E-state index contributed by atoms with van der Waals surface area (Å²) in [7, 11) is 0. The zero-order chi connectivity index (χ0) is 14.2. The molecule has 0 saturated carbocycles. The molecule has 1 amide bonds. The summed E-state index contributed by atoms with van der Waals surface area (Å²) in [5.74, 6) is 0.874. The highest BCUT2D eigenvalue weighted by Crippen LogP contribution is 2.14. The Hall–Kier alpha value is -1.55. The van der Waals surface area contributed by atoms with Crippen molar-refractivity contribution in [3.05, 3.63) is 29.8 Å². The number of carbonyl (C=O) groups excluding carboxylic acids is 1.